The van der Waals surface area contributed by atoms with E-state index in [-0.39, 0.29) is 5.78 Å². The zero-order chi connectivity index (χ0) is 19.5. The lowest BCUT2D eigenvalue weighted by Crippen LogP contribution is -2.06. The van der Waals surface area contributed by atoms with Gasteiger partial charge in [0, 0.05) is 18.2 Å². The fourth-order valence-corrected chi connectivity index (χ4v) is 3.28. The Labute approximate surface area is 164 Å². The van der Waals surface area contributed by atoms with E-state index >= 15 is 0 Å². The molecule has 3 aromatic carbocycles. The van der Waals surface area contributed by atoms with Gasteiger partial charge < -0.3 is 5.32 Å². The largest absolute Gasteiger partial charge is 0.384 e. The summed E-state index contributed by atoms with van der Waals surface area (Å²) in [4.78, 5) is 13.2. The van der Waals surface area contributed by atoms with Crippen LogP contribution in [0.2, 0.25) is 0 Å². The number of aryl methyl sites for hydroxylation is 1. The molecule has 138 valence electrons. The van der Waals surface area contributed by atoms with Crippen LogP contribution < -0.4 is 5.32 Å². The highest BCUT2D eigenvalue weighted by molar-refractivity contribution is 6.12. The van der Waals surface area contributed by atoms with Gasteiger partial charge in [0.1, 0.15) is 0 Å². The van der Waals surface area contributed by atoms with Crippen LogP contribution >= 0.6 is 0 Å². The molecule has 0 spiro atoms. The fourth-order valence-electron chi connectivity index (χ4n) is 3.28. The van der Waals surface area contributed by atoms with E-state index < -0.39 is 0 Å². The number of carbonyl (C=O) groups is 1. The van der Waals surface area contributed by atoms with E-state index in [9.17, 15) is 4.79 Å². The summed E-state index contributed by atoms with van der Waals surface area (Å²) in [6.07, 6.45) is 0. The first-order valence-electron chi connectivity index (χ1n) is 9.22. The van der Waals surface area contributed by atoms with Crippen LogP contribution in [0.1, 0.15) is 21.6 Å². The standard InChI is InChI=1S/C24H21N3O/c1-17-13-15-20(16-14-17)27-23(18-9-5-3-6-10-18)21(25-2)22(26-27)24(28)19-11-7-4-8-12-19/h3-16,25H,1-2H3. The molecule has 4 rings (SSSR count). The highest BCUT2D eigenvalue weighted by Gasteiger charge is 2.24. The van der Waals surface area contributed by atoms with E-state index in [1.165, 1.54) is 5.56 Å². The highest BCUT2D eigenvalue weighted by atomic mass is 16.1. The molecular weight excluding hydrogens is 346 g/mol. The number of nitrogens with one attached hydrogen (secondary N) is 1. The van der Waals surface area contributed by atoms with Crippen LogP contribution in [0.4, 0.5) is 5.69 Å². The minimum absolute atomic E-state index is 0.104. The van der Waals surface area contributed by atoms with E-state index in [4.69, 9.17) is 5.10 Å². The fraction of sp³-hybridized carbons (Fsp3) is 0.0833. The maximum atomic E-state index is 13.2. The second kappa shape index (κ2) is 7.53. The maximum Gasteiger partial charge on any atom is 0.215 e. The number of benzene rings is 3. The van der Waals surface area contributed by atoms with Crippen LogP contribution in [0.5, 0.6) is 0 Å². The summed E-state index contributed by atoms with van der Waals surface area (Å²) in [5.41, 5.74) is 5.69. The Kier molecular flexibility index (Phi) is 4.77. The smallest absolute Gasteiger partial charge is 0.215 e. The molecule has 4 aromatic rings. The van der Waals surface area contributed by atoms with Gasteiger partial charge in [-0.3, -0.25) is 4.79 Å². The van der Waals surface area contributed by atoms with Crippen molar-refractivity contribution in [2.24, 2.45) is 0 Å². The Morgan fingerprint density at radius 3 is 2.07 bits per heavy atom. The van der Waals surface area contributed by atoms with Crippen LogP contribution in [-0.2, 0) is 0 Å². The third-order valence-corrected chi connectivity index (χ3v) is 4.71. The van der Waals surface area contributed by atoms with Gasteiger partial charge >= 0.3 is 0 Å². The van der Waals surface area contributed by atoms with Gasteiger partial charge in [0.15, 0.2) is 5.69 Å². The molecule has 0 aliphatic carbocycles. The van der Waals surface area contributed by atoms with E-state index in [0.29, 0.717) is 11.3 Å². The van der Waals surface area contributed by atoms with Gasteiger partial charge in [0.05, 0.1) is 17.1 Å². The number of carbonyl (C=O) groups excluding carboxylic acids is 1. The molecule has 0 fully saturated rings. The van der Waals surface area contributed by atoms with Crippen molar-refractivity contribution in [2.45, 2.75) is 6.92 Å². The second-order valence-corrected chi connectivity index (χ2v) is 6.63. The summed E-state index contributed by atoms with van der Waals surface area (Å²) in [5, 5.41) is 7.95. The minimum atomic E-state index is -0.104. The van der Waals surface area contributed by atoms with Gasteiger partial charge in [-0.1, -0.05) is 78.4 Å². The van der Waals surface area contributed by atoms with Gasteiger partial charge in [-0.2, -0.15) is 5.10 Å². The highest BCUT2D eigenvalue weighted by Crippen LogP contribution is 2.34. The van der Waals surface area contributed by atoms with Gasteiger partial charge in [-0.05, 0) is 19.1 Å². The van der Waals surface area contributed by atoms with Gasteiger partial charge in [0.2, 0.25) is 5.78 Å². The molecule has 0 saturated carbocycles. The third kappa shape index (κ3) is 3.21. The topological polar surface area (TPSA) is 46.9 Å². The lowest BCUT2D eigenvalue weighted by atomic mass is 10.0. The third-order valence-electron chi connectivity index (χ3n) is 4.71. The summed E-state index contributed by atoms with van der Waals surface area (Å²) < 4.78 is 1.84. The van der Waals surface area contributed by atoms with Crippen molar-refractivity contribution in [3.8, 4) is 16.9 Å². The number of hydrogen-bond acceptors (Lipinski definition) is 3. The molecule has 0 atom stereocenters. The summed E-state index contributed by atoms with van der Waals surface area (Å²) in [6, 6.07) is 27.4. The summed E-state index contributed by atoms with van der Waals surface area (Å²) >= 11 is 0. The quantitative estimate of drug-likeness (QED) is 0.498. The summed E-state index contributed by atoms with van der Waals surface area (Å²) in [6.45, 7) is 2.05. The molecule has 0 radical (unpaired) electrons. The predicted octanol–water partition coefficient (Wildman–Crippen LogP) is 5.12. The average Bonchev–Trinajstić information content (AvgIpc) is 3.14. The normalized spacial score (nSPS) is 10.6. The van der Waals surface area contributed by atoms with Crippen molar-refractivity contribution >= 4 is 11.5 Å². The van der Waals surface area contributed by atoms with E-state index in [1.54, 1.807) is 0 Å². The van der Waals surface area contributed by atoms with Crippen molar-refractivity contribution in [1.29, 1.82) is 0 Å². The molecule has 1 N–H and O–H groups in total. The molecule has 28 heavy (non-hydrogen) atoms. The molecule has 0 saturated heterocycles. The van der Waals surface area contributed by atoms with Gasteiger partial charge in [0.25, 0.3) is 0 Å². The number of hydrogen-bond donors (Lipinski definition) is 1. The molecule has 0 amide bonds. The zero-order valence-corrected chi connectivity index (χ0v) is 15.9. The monoisotopic (exact) mass is 367 g/mol. The van der Waals surface area contributed by atoms with Crippen molar-refractivity contribution < 1.29 is 4.79 Å². The first kappa shape index (κ1) is 17.7. The van der Waals surface area contributed by atoms with Crippen LogP contribution in [0.15, 0.2) is 84.9 Å². The Balaban J connectivity index is 1.96. The summed E-state index contributed by atoms with van der Waals surface area (Å²) in [7, 11) is 1.82. The molecule has 1 aromatic heterocycles. The summed E-state index contributed by atoms with van der Waals surface area (Å²) in [5.74, 6) is -0.104. The predicted molar refractivity (Wildman–Crippen MR) is 113 cm³/mol. The molecular formula is C24H21N3O. The number of ketones is 1. The first-order chi connectivity index (χ1) is 13.7. The number of aromatic nitrogens is 2. The molecule has 1 heterocycles. The second-order valence-electron chi connectivity index (χ2n) is 6.63. The molecule has 0 aliphatic rings. The average molecular weight is 367 g/mol. The first-order valence-corrected chi connectivity index (χ1v) is 9.22. The lowest BCUT2D eigenvalue weighted by molar-refractivity contribution is 0.103. The van der Waals surface area contributed by atoms with E-state index in [0.717, 1.165) is 22.6 Å². The van der Waals surface area contributed by atoms with Crippen molar-refractivity contribution in [2.75, 3.05) is 12.4 Å². The van der Waals surface area contributed by atoms with Crippen LogP contribution in [0.3, 0.4) is 0 Å². The molecule has 0 unspecified atom stereocenters. The number of anilines is 1. The van der Waals surface area contributed by atoms with Crippen LogP contribution in [-0.4, -0.2) is 22.6 Å². The van der Waals surface area contributed by atoms with Crippen molar-refractivity contribution in [1.82, 2.24) is 9.78 Å². The van der Waals surface area contributed by atoms with Crippen molar-refractivity contribution in [3.63, 3.8) is 0 Å². The molecule has 4 heteroatoms. The molecule has 0 bridgehead atoms. The maximum absolute atomic E-state index is 13.2. The van der Waals surface area contributed by atoms with E-state index in [2.05, 4.69) is 5.32 Å². The lowest BCUT2D eigenvalue weighted by Gasteiger charge is -2.10. The van der Waals surface area contributed by atoms with Gasteiger partial charge in [-0.25, -0.2) is 4.68 Å². The molecule has 0 aliphatic heterocycles. The Hall–Kier alpha value is -3.66. The number of nitrogens with zero attached hydrogens (tertiary/aromatic N) is 2. The zero-order valence-electron chi connectivity index (χ0n) is 15.9. The van der Waals surface area contributed by atoms with Crippen molar-refractivity contribution in [3.05, 3.63) is 102 Å². The molecule has 4 nitrogen and oxygen atoms in total. The minimum Gasteiger partial charge on any atom is -0.384 e. The van der Waals surface area contributed by atoms with Gasteiger partial charge in [-0.15, -0.1) is 0 Å². The Morgan fingerprint density at radius 2 is 1.46 bits per heavy atom. The van der Waals surface area contributed by atoms with E-state index in [1.807, 2.05) is 104 Å². The Bertz CT molecular complexity index is 1100. The van der Waals surface area contributed by atoms with Crippen LogP contribution in [0, 0.1) is 6.92 Å². The SMILES string of the molecule is CNc1c(C(=O)c2ccccc2)nn(-c2ccc(C)cc2)c1-c1ccccc1. The Morgan fingerprint density at radius 1 is 0.857 bits per heavy atom. The number of rotatable bonds is 5. The van der Waals surface area contributed by atoms with Crippen LogP contribution in [0.25, 0.3) is 16.9 Å².